The summed E-state index contributed by atoms with van der Waals surface area (Å²) in [6, 6.07) is 0. The molecule has 0 N–H and O–H groups in total. The highest BCUT2D eigenvalue weighted by Crippen LogP contribution is 2.40. The summed E-state index contributed by atoms with van der Waals surface area (Å²) in [6.45, 7) is 5.18. The van der Waals surface area contributed by atoms with E-state index in [4.69, 9.17) is 4.74 Å². The second-order valence-electron chi connectivity index (χ2n) is 3.43. The van der Waals surface area contributed by atoms with Crippen molar-refractivity contribution >= 4 is 22.6 Å². The van der Waals surface area contributed by atoms with Gasteiger partial charge in [-0.2, -0.15) is 0 Å². The Balaban J connectivity index is 2.54. The Morgan fingerprint density at radius 1 is 1.44 bits per heavy atom. The van der Waals surface area contributed by atoms with Crippen LogP contribution >= 0.6 is 10.9 Å². The molecule has 1 heterocycles. The Kier molecular flexibility index (Phi) is 5.05. The minimum atomic E-state index is -0.633. The Morgan fingerprint density at radius 3 is 2.56 bits per heavy atom. The molecule has 3 nitrogen and oxygen atoms in total. The lowest BCUT2D eigenvalue weighted by atomic mass is 10.2. The first-order valence-electron chi connectivity index (χ1n) is 5.04. The zero-order chi connectivity index (χ0) is 12.0. The third-order valence-corrected chi connectivity index (χ3v) is 4.48. The lowest BCUT2D eigenvalue weighted by molar-refractivity contribution is -0.143. The lowest BCUT2D eigenvalue weighted by Gasteiger charge is -2.20. The van der Waals surface area contributed by atoms with Crippen molar-refractivity contribution in [2.24, 2.45) is 0 Å². The first-order valence-corrected chi connectivity index (χ1v) is 6.59. The molecule has 1 unspecified atom stereocenters. The van der Waals surface area contributed by atoms with E-state index in [-0.39, 0.29) is 30.0 Å². The molecule has 0 aromatic carbocycles. The third kappa shape index (κ3) is 3.70. The zero-order valence-electron chi connectivity index (χ0n) is 9.26. The highest BCUT2D eigenvalue weighted by Gasteiger charge is 2.23. The van der Waals surface area contributed by atoms with Gasteiger partial charge in [0, 0.05) is 0 Å². The normalized spacial score (nSPS) is 17.2. The minimum Gasteiger partial charge on any atom is -0.461 e. The number of hydrogen-bond acceptors (Lipinski definition) is 3. The topological polar surface area (TPSA) is 43.4 Å². The first-order chi connectivity index (χ1) is 7.65. The molecule has 0 saturated heterocycles. The van der Waals surface area contributed by atoms with E-state index in [2.05, 4.69) is 6.58 Å². The number of Topliss-reactive ketones (excluding diaryl/α,β-unsaturated/α-hetero) is 1. The van der Waals surface area contributed by atoms with Gasteiger partial charge in [0.15, 0.2) is 0 Å². The van der Waals surface area contributed by atoms with Crippen molar-refractivity contribution in [3.8, 4) is 0 Å². The van der Waals surface area contributed by atoms with E-state index >= 15 is 0 Å². The van der Waals surface area contributed by atoms with Crippen LogP contribution in [0.25, 0.3) is 0 Å². The minimum absolute atomic E-state index is 0.0397. The van der Waals surface area contributed by atoms with Crippen molar-refractivity contribution in [2.75, 3.05) is 6.61 Å². The molecule has 0 aromatic rings. The number of esters is 1. The maximum Gasteiger partial charge on any atom is 0.307 e. The summed E-state index contributed by atoms with van der Waals surface area (Å²) in [5, 5.41) is 3.73. The fraction of sp³-hybridized carbons (Fsp3) is 0.333. The van der Waals surface area contributed by atoms with Crippen molar-refractivity contribution in [1.82, 2.24) is 0 Å². The maximum absolute atomic E-state index is 11.5. The van der Waals surface area contributed by atoms with Crippen LogP contribution in [0.4, 0.5) is 0 Å². The predicted octanol–water partition coefficient (Wildman–Crippen LogP) is 2.11. The number of allylic oxidation sites excluding steroid dienone is 2. The van der Waals surface area contributed by atoms with Gasteiger partial charge in [0.1, 0.15) is 12.4 Å². The average molecular weight is 240 g/mol. The number of carbonyl (C=O) groups excluding carboxylic acids is 2. The van der Waals surface area contributed by atoms with Crippen LogP contribution in [0.15, 0.2) is 35.6 Å². The smallest absolute Gasteiger partial charge is 0.307 e. The molecular formula is C12H16O3S. The number of ketones is 1. The largest absolute Gasteiger partial charge is 0.461 e. The molecule has 1 rings (SSSR count). The molecule has 0 amide bonds. The van der Waals surface area contributed by atoms with E-state index in [1.165, 1.54) is 13.0 Å². The van der Waals surface area contributed by atoms with Gasteiger partial charge in [-0.05, 0) is 17.7 Å². The summed E-state index contributed by atoms with van der Waals surface area (Å²) in [6.07, 6.45) is 5.50. The van der Waals surface area contributed by atoms with E-state index in [0.717, 1.165) is 0 Å². The molecule has 1 aliphatic rings. The lowest BCUT2D eigenvalue weighted by Crippen LogP contribution is -2.22. The molecule has 0 bridgehead atoms. The summed E-state index contributed by atoms with van der Waals surface area (Å²) in [7, 11) is -0.633. The van der Waals surface area contributed by atoms with E-state index < -0.39 is 10.9 Å². The molecule has 4 heteroatoms. The molecular weight excluding hydrogens is 224 g/mol. The van der Waals surface area contributed by atoms with Gasteiger partial charge in [-0.3, -0.25) is 9.59 Å². The van der Waals surface area contributed by atoms with E-state index in [1.54, 1.807) is 0 Å². The quantitative estimate of drug-likeness (QED) is 0.439. The molecule has 0 aromatic heterocycles. The zero-order valence-corrected chi connectivity index (χ0v) is 10.2. The van der Waals surface area contributed by atoms with Crippen molar-refractivity contribution in [3.63, 3.8) is 0 Å². The number of thiol groups is 1. The highest BCUT2D eigenvalue weighted by atomic mass is 32.2. The monoisotopic (exact) mass is 240 g/mol. The second-order valence-corrected chi connectivity index (χ2v) is 5.55. The SMILES string of the molecule is C=CCOC(=O)CC(C(C)=O)[SH]1C=CC=C1. The third-order valence-electron chi connectivity index (χ3n) is 2.18. The molecule has 0 aliphatic carbocycles. The van der Waals surface area contributed by atoms with Crippen LogP contribution in [-0.2, 0) is 14.3 Å². The number of ether oxygens (including phenoxy) is 1. The van der Waals surface area contributed by atoms with Gasteiger partial charge in [0.2, 0.25) is 0 Å². The van der Waals surface area contributed by atoms with Crippen LogP contribution in [-0.4, -0.2) is 23.6 Å². The Hall–Kier alpha value is -1.29. The van der Waals surface area contributed by atoms with Gasteiger partial charge in [-0.15, -0.1) is 0 Å². The summed E-state index contributed by atoms with van der Waals surface area (Å²) in [4.78, 5) is 22.9. The van der Waals surface area contributed by atoms with E-state index in [1.807, 2.05) is 23.0 Å². The van der Waals surface area contributed by atoms with Crippen molar-refractivity contribution < 1.29 is 14.3 Å². The van der Waals surface area contributed by atoms with Gasteiger partial charge >= 0.3 is 5.97 Å². The summed E-state index contributed by atoms with van der Waals surface area (Å²) in [5.74, 6) is -0.297. The van der Waals surface area contributed by atoms with Crippen LogP contribution in [0.3, 0.4) is 0 Å². The predicted molar refractivity (Wildman–Crippen MR) is 67.5 cm³/mol. The van der Waals surface area contributed by atoms with Crippen molar-refractivity contribution in [2.45, 2.75) is 18.6 Å². The van der Waals surface area contributed by atoms with E-state index in [0.29, 0.717) is 0 Å². The second kappa shape index (κ2) is 6.33. The Morgan fingerprint density at radius 2 is 2.06 bits per heavy atom. The summed E-state index contributed by atoms with van der Waals surface area (Å²) < 4.78 is 4.88. The van der Waals surface area contributed by atoms with Crippen molar-refractivity contribution in [3.05, 3.63) is 35.6 Å². The van der Waals surface area contributed by atoms with Gasteiger partial charge in [0.05, 0.1) is 11.7 Å². The van der Waals surface area contributed by atoms with Gasteiger partial charge in [0.25, 0.3) is 0 Å². The summed E-state index contributed by atoms with van der Waals surface area (Å²) >= 11 is 0. The summed E-state index contributed by atoms with van der Waals surface area (Å²) in [5.41, 5.74) is 0. The van der Waals surface area contributed by atoms with Crippen LogP contribution < -0.4 is 0 Å². The molecule has 16 heavy (non-hydrogen) atoms. The van der Waals surface area contributed by atoms with Crippen LogP contribution in [0.2, 0.25) is 0 Å². The number of carbonyl (C=O) groups is 2. The molecule has 1 atom stereocenters. The Labute approximate surface area is 98.2 Å². The molecule has 1 aliphatic heterocycles. The van der Waals surface area contributed by atoms with E-state index in [9.17, 15) is 9.59 Å². The molecule has 0 saturated carbocycles. The molecule has 0 spiro atoms. The fourth-order valence-electron chi connectivity index (χ4n) is 1.38. The van der Waals surface area contributed by atoms with Crippen LogP contribution in [0.1, 0.15) is 13.3 Å². The van der Waals surface area contributed by atoms with Crippen LogP contribution in [0, 0.1) is 0 Å². The Bertz CT molecular complexity index is 332. The first kappa shape index (κ1) is 12.8. The maximum atomic E-state index is 11.5. The highest BCUT2D eigenvalue weighted by molar-refractivity contribution is 8.23. The average Bonchev–Trinajstić information content (AvgIpc) is 2.75. The standard InChI is InChI=1S/C12H16O3S/c1-3-6-15-12(14)9-11(10(2)13)16-7-4-5-8-16/h3-5,7-8,11,16H,1,6,9H2,2H3. The van der Waals surface area contributed by atoms with Gasteiger partial charge in [-0.25, -0.2) is 10.9 Å². The molecule has 88 valence electrons. The van der Waals surface area contributed by atoms with Gasteiger partial charge in [-0.1, -0.05) is 24.8 Å². The molecule has 0 radical (unpaired) electrons. The fourth-order valence-corrected chi connectivity index (χ4v) is 3.27. The van der Waals surface area contributed by atoms with Crippen LogP contribution in [0.5, 0.6) is 0 Å². The van der Waals surface area contributed by atoms with Crippen molar-refractivity contribution in [1.29, 1.82) is 0 Å². The number of rotatable bonds is 6. The number of hydrogen-bond donors (Lipinski definition) is 1. The molecule has 0 fully saturated rings. The van der Waals surface area contributed by atoms with Gasteiger partial charge < -0.3 is 4.74 Å².